The zero-order valence-electron chi connectivity index (χ0n) is 14.9. The highest BCUT2D eigenvalue weighted by molar-refractivity contribution is 9.11. The van der Waals surface area contributed by atoms with Gasteiger partial charge in [-0.3, -0.25) is 14.9 Å². The van der Waals surface area contributed by atoms with Gasteiger partial charge in [0.25, 0.3) is 5.88 Å². The van der Waals surface area contributed by atoms with E-state index in [-0.39, 0.29) is 12.4 Å². The standard InChI is InChI=1S/C19H12Br2ClN3O5/c20-12-7-10(5-6-15-23-18(26)16(25(28)29)19(27)24-15)8-13(21)17(12)30-9-11-3-1-2-4-14(11)22/h1-8H,9H2,(H2,23,24,26,27)/b6-5-. The zero-order chi connectivity index (χ0) is 21.8. The number of ether oxygens (including phenoxy) is 1. The first-order chi connectivity index (χ1) is 14.3. The lowest BCUT2D eigenvalue weighted by Gasteiger charge is -2.12. The molecule has 3 aromatic rings. The van der Waals surface area contributed by atoms with Gasteiger partial charge in [-0.2, -0.15) is 4.98 Å². The molecule has 2 aromatic carbocycles. The number of hydrogen-bond donors (Lipinski definition) is 2. The molecule has 0 aliphatic rings. The maximum Gasteiger partial charge on any atom is 0.395 e. The SMILES string of the molecule is O=c1[nH]c(/C=C\c2cc(Br)c(OCc3ccccc3Cl)c(Br)c2)nc(O)c1[N+](=O)[O-]. The summed E-state index contributed by atoms with van der Waals surface area (Å²) in [4.78, 5) is 27.3. The highest BCUT2D eigenvalue weighted by Crippen LogP contribution is 2.36. The molecule has 0 bridgehead atoms. The number of rotatable bonds is 6. The van der Waals surface area contributed by atoms with Crippen LogP contribution in [-0.2, 0) is 6.61 Å². The van der Waals surface area contributed by atoms with Crippen LogP contribution in [0.4, 0.5) is 5.69 Å². The fourth-order valence-electron chi connectivity index (χ4n) is 2.47. The second-order valence-electron chi connectivity index (χ2n) is 5.91. The van der Waals surface area contributed by atoms with Gasteiger partial charge in [0.2, 0.25) is 0 Å². The van der Waals surface area contributed by atoms with Crippen molar-refractivity contribution in [2.75, 3.05) is 0 Å². The van der Waals surface area contributed by atoms with Gasteiger partial charge in [0, 0.05) is 10.6 Å². The topological polar surface area (TPSA) is 118 Å². The van der Waals surface area contributed by atoms with E-state index < -0.39 is 22.0 Å². The van der Waals surface area contributed by atoms with Gasteiger partial charge in [0.05, 0.1) is 13.9 Å². The number of nitrogens with zero attached hydrogens (tertiary/aromatic N) is 2. The number of halogens is 3. The van der Waals surface area contributed by atoms with Crippen molar-refractivity contribution in [2.45, 2.75) is 6.61 Å². The molecule has 11 heteroatoms. The average molecular weight is 558 g/mol. The van der Waals surface area contributed by atoms with Crippen LogP contribution in [-0.4, -0.2) is 20.0 Å². The number of nitro groups is 1. The Morgan fingerprint density at radius 2 is 1.90 bits per heavy atom. The van der Waals surface area contributed by atoms with Gasteiger partial charge in [0.1, 0.15) is 18.2 Å². The van der Waals surface area contributed by atoms with E-state index in [1.165, 1.54) is 6.08 Å². The molecule has 0 saturated heterocycles. The van der Waals surface area contributed by atoms with E-state index in [0.717, 1.165) is 5.56 Å². The molecule has 1 heterocycles. The Hall–Kier alpha value is -2.69. The predicted octanol–water partition coefficient (Wildman–Crippen LogP) is 5.31. The van der Waals surface area contributed by atoms with Gasteiger partial charge >= 0.3 is 11.2 Å². The highest BCUT2D eigenvalue weighted by atomic mass is 79.9. The fourth-order valence-corrected chi connectivity index (χ4v) is 4.11. The Labute approximate surface area is 191 Å². The van der Waals surface area contributed by atoms with Crippen molar-refractivity contribution in [1.29, 1.82) is 0 Å². The van der Waals surface area contributed by atoms with Crippen molar-refractivity contribution in [3.05, 3.63) is 87.8 Å². The molecule has 0 unspecified atom stereocenters. The number of nitrogens with one attached hydrogen (secondary N) is 1. The Balaban J connectivity index is 1.81. The lowest BCUT2D eigenvalue weighted by Crippen LogP contribution is -2.14. The number of aromatic nitrogens is 2. The highest BCUT2D eigenvalue weighted by Gasteiger charge is 2.21. The summed E-state index contributed by atoms with van der Waals surface area (Å²) in [5.74, 6) is -0.407. The summed E-state index contributed by atoms with van der Waals surface area (Å²) in [6.07, 6.45) is 3.01. The van der Waals surface area contributed by atoms with Crippen molar-refractivity contribution in [3.63, 3.8) is 0 Å². The summed E-state index contributed by atoms with van der Waals surface area (Å²) in [5.41, 5.74) is -0.496. The summed E-state index contributed by atoms with van der Waals surface area (Å²) in [6, 6.07) is 10.9. The van der Waals surface area contributed by atoms with Crippen LogP contribution < -0.4 is 10.3 Å². The summed E-state index contributed by atoms with van der Waals surface area (Å²) >= 11 is 13.1. The number of H-pyrrole nitrogens is 1. The van der Waals surface area contributed by atoms with Crippen molar-refractivity contribution < 1.29 is 14.8 Å². The van der Waals surface area contributed by atoms with Crippen LogP contribution in [0.15, 0.2) is 50.1 Å². The molecule has 0 amide bonds. The number of aromatic hydroxyl groups is 1. The van der Waals surface area contributed by atoms with Crippen molar-refractivity contribution >= 4 is 61.3 Å². The summed E-state index contributed by atoms with van der Waals surface area (Å²) < 4.78 is 7.19. The number of benzene rings is 2. The van der Waals surface area contributed by atoms with Gasteiger partial charge in [0.15, 0.2) is 0 Å². The third-order valence-corrected chi connectivity index (χ3v) is 5.41. The molecule has 0 fully saturated rings. The Morgan fingerprint density at radius 1 is 1.23 bits per heavy atom. The van der Waals surface area contributed by atoms with E-state index in [9.17, 15) is 20.0 Å². The molecule has 0 aliphatic heterocycles. The minimum atomic E-state index is -1.04. The Kier molecular flexibility index (Phi) is 6.91. The molecular weight excluding hydrogens is 545 g/mol. The number of hydrogen-bond acceptors (Lipinski definition) is 6. The van der Waals surface area contributed by atoms with Gasteiger partial charge in [-0.05, 0) is 61.7 Å². The average Bonchev–Trinajstić information content (AvgIpc) is 2.66. The Morgan fingerprint density at radius 3 is 2.50 bits per heavy atom. The smallest absolute Gasteiger partial charge is 0.395 e. The van der Waals surface area contributed by atoms with Crippen LogP contribution in [0.25, 0.3) is 12.2 Å². The van der Waals surface area contributed by atoms with E-state index >= 15 is 0 Å². The van der Waals surface area contributed by atoms with E-state index in [2.05, 4.69) is 41.8 Å². The molecule has 0 spiro atoms. The van der Waals surface area contributed by atoms with Gasteiger partial charge < -0.3 is 14.8 Å². The predicted molar refractivity (Wildman–Crippen MR) is 120 cm³/mol. The van der Waals surface area contributed by atoms with Gasteiger partial charge in [-0.1, -0.05) is 35.9 Å². The van der Waals surface area contributed by atoms with E-state index in [0.29, 0.717) is 25.3 Å². The second-order valence-corrected chi connectivity index (χ2v) is 8.02. The minimum Gasteiger partial charge on any atom is -0.488 e. The zero-order valence-corrected chi connectivity index (χ0v) is 18.9. The van der Waals surface area contributed by atoms with Crippen LogP contribution in [0.5, 0.6) is 11.6 Å². The third kappa shape index (κ3) is 5.07. The van der Waals surface area contributed by atoms with Gasteiger partial charge in [-0.25, -0.2) is 0 Å². The monoisotopic (exact) mass is 555 g/mol. The minimum absolute atomic E-state index is 0.0330. The van der Waals surface area contributed by atoms with Crippen LogP contribution in [0.2, 0.25) is 5.02 Å². The first kappa shape index (κ1) is 22.0. The van der Waals surface area contributed by atoms with E-state index in [1.54, 1.807) is 24.3 Å². The van der Waals surface area contributed by atoms with Crippen LogP contribution in [0, 0.1) is 10.1 Å². The third-order valence-electron chi connectivity index (χ3n) is 3.86. The molecule has 1 aromatic heterocycles. The molecular formula is C19H12Br2ClN3O5. The Bertz CT molecular complexity index is 1190. The maximum atomic E-state index is 11.7. The van der Waals surface area contributed by atoms with Crippen LogP contribution >= 0.6 is 43.5 Å². The summed E-state index contributed by atoms with van der Waals surface area (Å²) in [6.45, 7) is 0.277. The van der Waals surface area contributed by atoms with Crippen molar-refractivity contribution in [2.24, 2.45) is 0 Å². The number of aromatic amines is 1. The lowest BCUT2D eigenvalue weighted by molar-refractivity contribution is -0.387. The molecule has 8 nitrogen and oxygen atoms in total. The first-order valence-corrected chi connectivity index (χ1v) is 10.2. The van der Waals surface area contributed by atoms with Crippen molar-refractivity contribution in [3.8, 4) is 11.6 Å². The van der Waals surface area contributed by atoms with Crippen molar-refractivity contribution in [1.82, 2.24) is 9.97 Å². The maximum absolute atomic E-state index is 11.7. The molecule has 154 valence electrons. The first-order valence-electron chi connectivity index (χ1n) is 8.27. The largest absolute Gasteiger partial charge is 0.488 e. The summed E-state index contributed by atoms with van der Waals surface area (Å²) in [5, 5.41) is 20.9. The van der Waals surface area contributed by atoms with Crippen LogP contribution in [0.3, 0.4) is 0 Å². The molecule has 0 aliphatic carbocycles. The summed E-state index contributed by atoms with van der Waals surface area (Å²) in [7, 11) is 0. The normalized spacial score (nSPS) is 11.0. The van der Waals surface area contributed by atoms with E-state index in [4.69, 9.17) is 16.3 Å². The second kappa shape index (κ2) is 9.41. The van der Waals surface area contributed by atoms with Gasteiger partial charge in [-0.15, -0.1) is 0 Å². The van der Waals surface area contributed by atoms with E-state index in [1.807, 2.05) is 18.2 Å². The molecule has 30 heavy (non-hydrogen) atoms. The van der Waals surface area contributed by atoms with Crippen LogP contribution in [0.1, 0.15) is 17.0 Å². The quantitative estimate of drug-likeness (QED) is 0.313. The molecule has 3 rings (SSSR count). The molecule has 0 saturated carbocycles. The molecule has 0 radical (unpaired) electrons. The fraction of sp³-hybridized carbons (Fsp3) is 0.0526. The lowest BCUT2D eigenvalue weighted by atomic mass is 10.2. The molecule has 0 atom stereocenters. The molecule has 2 N–H and O–H groups in total.